The third-order valence-electron chi connectivity index (χ3n) is 2.71. The molecule has 0 bridgehead atoms. The molecule has 96 valence electrons. The lowest BCUT2D eigenvalue weighted by Gasteiger charge is -2.47. The lowest BCUT2D eigenvalue weighted by molar-refractivity contribution is -0.451. The number of aliphatic hydroxyl groups excluding tert-OH is 3. The summed E-state index contributed by atoms with van der Waals surface area (Å²) in [7, 11) is 3.96. The SMILES string of the molecule is CO[C@H]1[C@H](O)[C@H](O)[C@H](CO)OC1(OC)OC. The molecule has 0 radical (unpaired) electrons. The summed E-state index contributed by atoms with van der Waals surface area (Å²) < 4.78 is 20.3. The van der Waals surface area contributed by atoms with Crippen molar-refractivity contribution in [1.82, 2.24) is 0 Å². The van der Waals surface area contributed by atoms with Crippen LogP contribution < -0.4 is 0 Å². The maximum absolute atomic E-state index is 9.81. The maximum atomic E-state index is 9.81. The molecule has 0 aromatic heterocycles. The Bertz CT molecular complexity index is 218. The van der Waals surface area contributed by atoms with Crippen LogP contribution in [0.25, 0.3) is 0 Å². The number of rotatable bonds is 4. The van der Waals surface area contributed by atoms with Crippen molar-refractivity contribution in [2.75, 3.05) is 27.9 Å². The van der Waals surface area contributed by atoms with Crippen molar-refractivity contribution in [3.63, 3.8) is 0 Å². The normalized spacial score (nSPS) is 38.6. The first-order chi connectivity index (χ1) is 7.56. The highest BCUT2D eigenvalue weighted by molar-refractivity contribution is 4.93. The summed E-state index contributed by atoms with van der Waals surface area (Å²) >= 11 is 0. The highest BCUT2D eigenvalue weighted by atomic mass is 16.9. The largest absolute Gasteiger partial charge is 0.394 e. The molecule has 0 unspecified atom stereocenters. The van der Waals surface area contributed by atoms with Crippen molar-refractivity contribution < 1.29 is 34.3 Å². The van der Waals surface area contributed by atoms with Gasteiger partial charge in [0.2, 0.25) is 0 Å². The van der Waals surface area contributed by atoms with E-state index in [9.17, 15) is 10.2 Å². The Morgan fingerprint density at radius 3 is 2.06 bits per heavy atom. The van der Waals surface area contributed by atoms with E-state index in [4.69, 9.17) is 24.1 Å². The number of hydrogen-bond acceptors (Lipinski definition) is 7. The van der Waals surface area contributed by atoms with Crippen LogP contribution in [0.15, 0.2) is 0 Å². The molecule has 0 aliphatic carbocycles. The Morgan fingerprint density at radius 1 is 1.12 bits per heavy atom. The zero-order valence-corrected chi connectivity index (χ0v) is 9.49. The summed E-state index contributed by atoms with van der Waals surface area (Å²) in [6.45, 7) is -0.469. The topological polar surface area (TPSA) is 97.6 Å². The number of hydrogen-bond donors (Lipinski definition) is 3. The molecule has 1 heterocycles. The first kappa shape index (κ1) is 13.8. The van der Waals surface area contributed by atoms with E-state index >= 15 is 0 Å². The van der Waals surface area contributed by atoms with Gasteiger partial charge in [-0.1, -0.05) is 0 Å². The third-order valence-corrected chi connectivity index (χ3v) is 2.71. The monoisotopic (exact) mass is 238 g/mol. The molecule has 1 aliphatic heterocycles. The molecule has 1 rings (SSSR count). The van der Waals surface area contributed by atoms with Crippen LogP contribution in [0.4, 0.5) is 0 Å². The van der Waals surface area contributed by atoms with E-state index in [1.807, 2.05) is 0 Å². The van der Waals surface area contributed by atoms with E-state index in [1.165, 1.54) is 21.3 Å². The maximum Gasteiger partial charge on any atom is 0.313 e. The second-order valence-electron chi connectivity index (χ2n) is 3.49. The molecule has 1 fully saturated rings. The summed E-state index contributed by atoms with van der Waals surface area (Å²) in [6, 6.07) is 0. The van der Waals surface area contributed by atoms with Crippen LogP contribution in [0.2, 0.25) is 0 Å². The van der Waals surface area contributed by atoms with Crippen molar-refractivity contribution in [2.45, 2.75) is 30.4 Å². The van der Waals surface area contributed by atoms with E-state index < -0.39 is 37.0 Å². The Morgan fingerprint density at radius 2 is 1.69 bits per heavy atom. The van der Waals surface area contributed by atoms with Gasteiger partial charge in [0, 0.05) is 21.3 Å². The molecule has 1 aliphatic rings. The molecule has 3 N–H and O–H groups in total. The first-order valence-electron chi connectivity index (χ1n) is 4.84. The molecular formula is C9H18O7. The Kier molecular flexibility index (Phi) is 4.62. The molecule has 4 atom stereocenters. The third kappa shape index (κ3) is 2.07. The number of methoxy groups -OCH3 is 3. The van der Waals surface area contributed by atoms with Crippen molar-refractivity contribution >= 4 is 0 Å². The number of aliphatic hydroxyl groups is 3. The highest BCUT2D eigenvalue weighted by Crippen LogP contribution is 2.32. The van der Waals surface area contributed by atoms with E-state index in [0.29, 0.717) is 0 Å². The molecule has 7 heteroatoms. The molecule has 0 amide bonds. The average molecular weight is 238 g/mol. The summed E-state index contributed by atoms with van der Waals surface area (Å²) in [5.41, 5.74) is 0. The summed E-state index contributed by atoms with van der Waals surface area (Å²) in [5, 5.41) is 28.5. The summed E-state index contributed by atoms with van der Waals surface area (Å²) in [6.07, 6.45) is -4.56. The van der Waals surface area contributed by atoms with Crippen molar-refractivity contribution in [2.24, 2.45) is 0 Å². The molecule has 0 spiro atoms. The van der Waals surface area contributed by atoms with Gasteiger partial charge in [0.1, 0.15) is 18.3 Å². The van der Waals surface area contributed by atoms with E-state index in [1.54, 1.807) is 0 Å². The summed E-state index contributed by atoms with van der Waals surface area (Å²) in [5.74, 6) is -1.64. The van der Waals surface area contributed by atoms with Gasteiger partial charge in [0.15, 0.2) is 6.10 Å². The number of ether oxygens (including phenoxy) is 4. The summed E-state index contributed by atoms with van der Waals surface area (Å²) in [4.78, 5) is 0. The highest BCUT2D eigenvalue weighted by Gasteiger charge is 2.56. The lowest BCUT2D eigenvalue weighted by Crippen LogP contribution is -2.67. The molecule has 7 nitrogen and oxygen atoms in total. The van der Waals surface area contributed by atoms with Crippen LogP contribution in [0, 0.1) is 0 Å². The molecule has 0 aromatic carbocycles. The smallest absolute Gasteiger partial charge is 0.313 e. The van der Waals surface area contributed by atoms with Gasteiger partial charge in [-0.3, -0.25) is 0 Å². The zero-order valence-electron chi connectivity index (χ0n) is 9.49. The Balaban J connectivity index is 2.97. The van der Waals surface area contributed by atoms with Crippen molar-refractivity contribution in [3.8, 4) is 0 Å². The minimum atomic E-state index is -1.64. The fourth-order valence-corrected chi connectivity index (χ4v) is 1.80. The van der Waals surface area contributed by atoms with Crippen LogP contribution in [-0.2, 0) is 18.9 Å². The van der Waals surface area contributed by atoms with Gasteiger partial charge in [-0.15, -0.1) is 0 Å². The van der Waals surface area contributed by atoms with Crippen LogP contribution in [-0.4, -0.2) is 73.6 Å². The molecular weight excluding hydrogens is 220 g/mol. The van der Waals surface area contributed by atoms with Crippen LogP contribution in [0.3, 0.4) is 0 Å². The van der Waals surface area contributed by atoms with E-state index in [2.05, 4.69) is 0 Å². The average Bonchev–Trinajstić information content (AvgIpc) is 2.32. The standard InChI is InChI=1S/C9H18O7/c1-13-8-7(12)6(11)5(4-10)16-9(8,14-2)15-3/h5-8,10-12H,4H2,1-3H3/t5-,6+,7+,8-/m0/s1. The lowest BCUT2D eigenvalue weighted by atomic mass is 9.97. The molecule has 0 saturated carbocycles. The minimum Gasteiger partial charge on any atom is -0.394 e. The van der Waals surface area contributed by atoms with Gasteiger partial charge < -0.3 is 34.3 Å². The van der Waals surface area contributed by atoms with Gasteiger partial charge in [0.05, 0.1) is 6.61 Å². The van der Waals surface area contributed by atoms with Gasteiger partial charge >= 0.3 is 5.97 Å². The molecule has 0 aromatic rings. The van der Waals surface area contributed by atoms with Crippen LogP contribution in [0.1, 0.15) is 0 Å². The zero-order chi connectivity index (χ0) is 12.3. The first-order valence-corrected chi connectivity index (χ1v) is 4.84. The van der Waals surface area contributed by atoms with Crippen molar-refractivity contribution in [1.29, 1.82) is 0 Å². The Labute approximate surface area is 93.5 Å². The van der Waals surface area contributed by atoms with E-state index in [-0.39, 0.29) is 0 Å². The quantitative estimate of drug-likeness (QED) is 0.490. The predicted molar refractivity (Wildman–Crippen MR) is 51.5 cm³/mol. The van der Waals surface area contributed by atoms with Crippen molar-refractivity contribution in [3.05, 3.63) is 0 Å². The second kappa shape index (κ2) is 5.37. The van der Waals surface area contributed by atoms with Crippen LogP contribution >= 0.6 is 0 Å². The van der Waals surface area contributed by atoms with Gasteiger partial charge in [-0.25, -0.2) is 0 Å². The van der Waals surface area contributed by atoms with Gasteiger partial charge in [-0.05, 0) is 0 Å². The van der Waals surface area contributed by atoms with Crippen LogP contribution in [0.5, 0.6) is 0 Å². The molecule has 1 saturated heterocycles. The second-order valence-corrected chi connectivity index (χ2v) is 3.49. The Hall–Kier alpha value is -0.280. The molecule has 16 heavy (non-hydrogen) atoms. The fraction of sp³-hybridized carbons (Fsp3) is 1.00. The fourth-order valence-electron chi connectivity index (χ4n) is 1.80. The van der Waals surface area contributed by atoms with Gasteiger partial charge in [-0.2, -0.15) is 0 Å². The van der Waals surface area contributed by atoms with Gasteiger partial charge in [0.25, 0.3) is 0 Å². The minimum absolute atomic E-state index is 0.469. The van der Waals surface area contributed by atoms with E-state index in [0.717, 1.165) is 0 Å². The predicted octanol–water partition coefficient (Wildman–Crippen LogP) is -1.94.